The van der Waals surface area contributed by atoms with Crippen LogP contribution < -0.4 is 0 Å². The van der Waals surface area contributed by atoms with Crippen molar-refractivity contribution in [2.45, 2.75) is 33.7 Å². The number of aromatic amines is 1. The zero-order valence-corrected chi connectivity index (χ0v) is 13.7. The Morgan fingerprint density at radius 1 is 1.30 bits per heavy atom. The highest BCUT2D eigenvalue weighted by Crippen LogP contribution is 2.22. The molecule has 0 fully saturated rings. The Balaban J connectivity index is 1.60. The summed E-state index contributed by atoms with van der Waals surface area (Å²) in [4.78, 5) is 19.5. The van der Waals surface area contributed by atoms with Crippen LogP contribution in [0.3, 0.4) is 0 Å². The average Bonchev–Trinajstić information content (AvgIpc) is 3.14. The van der Waals surface area contributed by atoms with Crippen LogP contribution in [0.15, 0.2) is 30.6 Å². The SMILES string of the molecule is Cc1ccc2[nH]c(C(=O)OCCCn3ccnc3C)cc2c1C. The number of nitrogens with zero attached hydrogens (tertiary/aromatic N) is 2. The van der Waals surface area contributed by atoms with Crippen molar-refractivity contribution in [3.05, 3.63) is 53.2 Å². The number of nitrogens with one attached hydrogen (secondary N) is 1. The highest BCUT2D eigenvalue weighted by Gasteiger charge is 2.12. The number of H-pyrrole nitrogens is 1. The molecule has 0 aliphatic carbocycles. The van der Waals surface area contributed by atoms with Crippen molar-refractivity contribution in [2.75, 3.05) is 6.61 Å². The second-order valence-electron chi connectivity index (χ2n) is 5.81. The summed E-state index contributed by atoms with van der Waals surface area (Å²) in [5, 5.41) is 1.07. The van der Waals surface area contributed by atoms with Gasteiger partial charge in [-0.2, -0.15) is 0 Å². The number of hydrogen-bond donors (Lipinski definition) is 1. The molecular weight excluding hydrogens is 290 g/mol. The summed E-state index contributed by atoms with van der Waals surface area (Å²) in [5.41, 5.74) is 3.88. The highest BCUT2D eigenvalue weighted by molar-refractivity contribution is 5.96. The van der Waals surface area contributed by atoms with Crippen molar-refractivity contribution in [3.63, 3.8) is 0 Å². The molecule has 2 aromatic heterocycles. The van der Waals surface area contributed by atoms with E-state index < -0.39 is 0 Å². The first kappa shape index (κ1) is 15.3. The van der Waals surface area contributed by atoms with E-state index in [1.807, 2.05) is 29.8 Å². The largest absolute Gasteiger partial charge is 0.461 e. The predicted octanol–water partition coefficient (Wildman–Crippen LogP) is 3.54. The summed E-state index contributed by atoms with van der Waals surface area (Å²) >= 11 is 0. The molecule has 2 heterocycles. The van der Waals surface area contributed by atoms with Gasteiger partial charge in [0.2, 0.25) is 0 Å². The molecule has 0 atom stereocenters. The molecule has 0 aliphatic heterocycles. The summed E-state index contributed by atoms with van der Waals surface area (Å²) in [5.74, 6) is 0.665. The van der Waals surface area contributed by atoms with Gasteiger partial charge in [-0.1, -0.05) is 6.07 Å². The molecule has 120 valence electrons. The standard InChI is InChI=1S/C18H21N3O2/c1-12-5-6-16-15(13(12)2)11-17(20-16)18(22)23-10-4-8-21-9-7-19-14(21)3/h5-7,9,11,20H,4,8,10H2,1-3H3. The Kier molecular flexibility index (Phi) is 4.19. The molecule has 5 heteroatoms. The van der Waals surface area contributed by atoms with E-state index in [4.69, 9.17) is 4.74 Å². The molecule has 0 spiro atoms. The second kappa shape index (κ2) is 6.28. The zero-order valence-electron chi connectivity index (χ0n) is 13.7. The number of carbonyl (C=O) groups excluding carboxylic acids is 1. The third-order valence-corrected chi connectivity index (χ3v) is 4.26. The van der Waals surface area contributed by atoms with E-state index in [0.717, 1.165) is 29.7 Å². The van der Waals surface area contributed by atoms with Crippen LogP contribution in [0.4, 0.5) is 0 Å². The van der Waals surface area contributed by atoms with E-state index in [0.29, 0.717) is 12.3 Å². The van der Waals surface area contributed by atoms with Crippen molar-refractivity contribution in [2.24, 2.45) is 0 Å². The Hall–Kier alpha value is -2.56. The molecule has 3 aromatic rings. The number of esters is 1. The lowest BCUT2D eigenvalue weighted by atomic mass is 10.1. The molecular formula is C18H21N3O2. The third-order valence-electron chi connectivity index (χ3n) is 4.26. The van der Waals surface area contributed by atoms with Gasteiger partial charge in [0.25, 0.3) is 0 Å². The van der Waals surface area contributed by atoms with Gasteiger partial charge < -0.3 is 14.3 Å². The number of imidazole rings is 1. The maximum absolute atomic E-state index is 12.2. The Labute approximate surface area is 135 Å². The van der Waals surface area contributed by atoms with E-state index in [1.54, 1.807) is 6.20 Å². The van der Waals surface area contributed by atoms with Crippen LogP contribution >= 0.6 is 0 Å². The Bertz CT molecular complexity index is 845. The van der Waals surface area contributed by atoms with Gasteiger partial charge in [-0.15, -0.1) is 0 Å². The minimum atomic E-state index is -0.305. The maximum atomic E-state index is 12.2. The van der Waals surface area contributed by atoms with Crippen LogP contribution in [-0.2, 0) is 11.3 Å². The van der Waals surface area contributed by atoms with Gasteiger partial charge >= 0.3 is 5.97 Å². The van der Waals surface area contributed by atoms with Crippen molar-refractivity contribution < 1.29 is 9.53 Å². The summed E-state index contributed by atoms with van der Waals surface area (Å²) in [6.45, 7) is 7.28. The average molecular weight is 311 g/mol. The normalized spacial score (nSPS) is 11.1. The van der Waals surface area contributed by atoms with Gasteiger partial charge in [-0.25, -0.2) is 9.78 Å². The number of benzene rings is 1. The van der Waals surface area contributed by atoms with Crippen LogP contribution in [-0.4, -0.2) is 27.1 Å². The van der Waals surface area contributed by atoms with E-state index in [9.17, 15) is 4.79 Å². The summed E-state index contributed by atoms with van der Waals surface area (Å²) in [7, 11) is 0. The second-order valence-corrected chi connectivity index (χ2v) is 5.81. The Morgan fingerprint density at radius 2 is 2.13 bits per heavy atom. The fourth-order valence-electron chi connectivity index (χ4n) is 2.69. The van der Waals surface area contributed by atoms with E-state index in [2.05, 4.69) is 29.9 Å². The van der Waals surface area contributed by atoms with E-state index in [-0.39, 0.29) is 5.97 Å². The van der Waals surface area contributed by atoms with Gasteiger partial charge in [-0.05, 0) is 50.5 Å². The van der Waals surface area contributed by atoms with Crippen LogP contribution in [0.5, 0.6) is 0 Å². The smallest absolute Gasteiger partial charge is 0.354 e. The van der Waals surface area contributed by atoms with Crippen LogP contribution in [0, 0.1) is 20.8 Å². The first-order chi connectivity index (χ1) is 11.1. The molecule has 1 aromatic carbocycles. The number of hydrogen-bond acceptors (Lipinski definition) is 3. The van der Waals surface area contributed by atoms with Crippen molar-refractivity contribution >= 4 is 16.9 Å². The molecule has 0 amide bonds. The number of fused-ring (bicyclic) bond motifs is 1. The van der Waals surface area contributed by atoms with Gasteiger partial charge in [0.05, 0.1) is 6.61 Å². The number of rotatable bonds is 5. The molecule has 5 nitrogen and oxygen atoms in total. The van der Waals surface area contributed by atoms with Crippen LogP contribution in [0.1, 0.15) is 33.9 Å². The van der Waals surface area contributed by atoms with Crippen molar-refractivity contribution in [3.8, 4) is 0 Å². The third kappa shape index (κ3) is 3.13. The molecule has 0 bridgehead atoms. The lowest BCUT2D eigenvalue weighted by Crippen LogP contribution is -2.09. The molecule has 1 N–H and O–H groups in total. The minimum Gasteiger partial charge on any atom is -0.461 e. The van der Waals surface area contributed by atoms with Gasteiger partial charge in [0, 0.05) is 29.8 Å². The fourth-order valence-corrected chi connectivity index (χ4v) is 2.69. The predicted molar refractivity (Wildman–Crippen MR) is 89.6 cm³/mol. The number of aromatic nitrogens is 3. The van der Waals surface area contributed by atoms with Gasteiger partial charge in [0.15, 0.2) is 0 Å². The zero-order chi connectivity index (χ0) is 16.4. The molecule has 23 heavy (non-hydrogen) atoms. The molecule has 0 unspecified atom stereocenters. The van der Waals surface area contributed by atoms with Gasteiger partial charge in [-0.3, -0.25) is 0 Å². The van der Waals surface area contributed by atoms with Gasteiger partial charge in [0.1, 0.15) is 11.5 Å². The van der Waals surface area contributed by atoms with Crippen LogP contribution in [0.25, 0.3) is 10.9 Å². The topological polar surface area (TPSA) is 59.9 Å². The number of aryl methyl sites for hydroxylation is 4. The molecule has 0 aliphatic rings. The van der Waals surface area contributed by atoms with Crippen molar-refractivity contribution in [1.82, 2.24) is 14.5 Å². The lowest BCUT2D eigenvalue weighted by Gasteiger charge is -2.05. The maximum Gasteiger partial charge on any atom is 0.354 e. The van der Waals surface area contributed by atoms with E-state index in [1.165, 1.54) is 11.1 Å². The lowest BCUT2D eigenvalue weighted by molar-refractivity contribution is 0.0490. The monoisotopic (exact) mass is 311 g/mol. The minimum absolute atomic E-state index is 0.305. The first-order valence-corrected chi connectivity index (χ1v) is 7.80. The van der Waals surface area contributed by atoms with Crippen molar-refractivity contribution in [1.29, 1.82) is 0 Å². The summed E-state index contributed by atoms with van der Waals surface area (Å²) in [6, 6.07) is 5.92. The number of carbonyl (C=O) groups is 1. The molecule has 0 saturated heterocycles. The van der Waals surface area contributed by atoms with Crippen LogP contribution in [0.2, 0.25) is 0 Å². The Morgan fingerprint density at radius 3 is 2.87 bits per heavy atom. The fraction of sp³-hybridized carbons (Fsp3) is 0.333. The first-order valence-electron chi connectivity index (χ1n) is 7.80. The highest BCUT2D eigenvalue weighted by atomic mass is 16.5. The van der Waals surface area contributed by atoms with E-state index >= 15 is 0 Å². The molecule has 0 radical (unpaired) electrons. The quantitative estimate of drug-likeness (QED) is 0.579. The number of ether oxygens (including phenoxy) is 1. The summed E-state index contributed by atoms with van der Waals surface area (Å²) < 4.78 is 7.41. The molecule has 0 saturated carbocycles. The summed E-state index contributed by atoms with van der Waals surface area (Å²) in [6.07, 6.45) is 4.47. The molecule has 3 rings (SSSR count).